The van der Waals surface area contributed by atoms with E-state index in [4.69, 9.17) is 40.6 Å². The normalized spacial score (nSPS) is 16.7. The predicted molar refractivity (Wildman–Crippen MR) is 82.1 cm³/mol. The van der Waals surface area contributed by atoms with Crippen LogP contribution in [-0.4, -0.2) is 12.0 Å². The zero-order chi connectivity index (χ0) is 13.8. The molecule has 7 heteroatoms. The molecule has 0 amide bonds. The molecule has 1 saturated carbocycles. The van der Waals surface area contributed by atoms with Crippen molar-refractivity contribution in [2.24, 2.45) is 10.8 Å². The van der Waals surface area contributed by atoms with Crippen molar-refractivity contribution in [2.45, 2.75) is 31.7 Å². The van der Waals surface area contributed by atoms with Gasteiger partial charge in [-0.15, -0.1) is 0 Å². The molecule has 4 N–H and O–H groups in total. The number of nitrogens with two attached hydrogens (primary N) is 1. The molecular weight excluding hydrogens is 307 g/mol. The quantitative estimate of drug-likeness (QED) is 0.255. The highest BCUT2D eigenvalue weighted by Crippen LogP contribution is 2.32. The van der Waals surface area contributed by atoms with Crippen molar-refractivity contribution in [1.29, 1.82) is 0 Å². The largest absolute Gasteiger partial charge is 0.324 e. The molecule has 0 atom stereocenters. The van der Waals surface area contributed by atoms with Crippen LogP contribution in [0.15, 0.2) is 17.1 Å². The van der Waals surface area contributed by atoms with E-state index in [-0.39, 0.29) is 0 Å². The predicted octanol–water partition coefficient (Wildman–Crippen LogP) is 3.82. The summed E-state index contributed by atoms with van der Waals surface area (Å²) in [6.45, 7) is 0. The maximum absolute atomic E-state index is 6.09. The summed E-state index contributed by atoms with van der Waals surface area (Å²) >= 11 is 17.9. The van der Waals surface area contributed by atoms with Gasteiger partial charge >= 0.3 is 0 Å². The minimum atomic E-state index is 0.306. The van der Waals surface area contributed by atoms with Crippen molar-refractivity contribution in [3.63, 3.8) is 0 Å². The number of rotatable bonds is 2. The Bertz CT molecular complexity index is 484. The molecule has 0 aromatic heterocycles. The molecule has 104 valence electrons. The summed E-state index contributed by atoms with van der Waals surface area (Å²) in [5.41, 5.74) is 3.16. The first-order valence-corrected chi connectivity index (χ1v) is 7.19. The summed E-state index contributed by atoms with van der Waals surface area (Å²) in [4.78, 5) is 4.52. The number of nitrogens with zero attached hydrogens (tertiary/aromatic N) is 1. The Morgan fingerprint density at radius 3 is 2.37 bits per heavy atom. The molecule has 0 bridgehead atoms. The Balaban J connectivity index is 2.15. The monoisotopic (exact) mass is 320 g/mol. The zero-order valence-corrected chi connectivity index (χ0v) is 12.5. The molecule has 1 aromatic carbocycles. The lowest BCUT2D eigenvalue weighted by atomic mass is 10.3. The van der Waals surface area contributed by atoms with Crippen LogP contribution >= 0.6 is 34.8 Å². The summed E-state index contributed by atoms with van der Waals surface area (Å²) < 4.78 is 0. The highest BCUT2D eigenvalue weighted by Gasteiger charge is 2.15. The van der Waals surface area contributed by atoms with Gasteiger partial charge in [-0.25, -0.2) is 10.8 Å². The number of benzene rings is 1. The van der Waals surface area contributed by atoms with Gasteiger partial charge in [0.2, 0.25) is 5.96 Å². The molecule has 1 aromatic rings. The third-order valence-corrected chi connectivity index (χ3v) is 4.07. The van der Waals surface area contributed by atoms with Gasteiger partial charge in [0.05, 0.1) is 26.8 Å². The van der Waals surface area contributed by atoms with Crippen LogP contribution in [0.4, 0.5) is 5.69 Å². The van der Waals surface area contributed by atoms with E-state index in [1.807, 2.05) is 0 Å². The molecule has 4 nitrogen and oxygen atoms in total. The summed E-state index contributed by atoms with van der Waals surface area (Å²) in [5, 5.41) is 4.32. The fourth-order valence-corrected chi connectivity index (χ4v) is 2.66. The fraction of sp³-hybridized carbons (Fsp3) is 0.417. The van der Waals surface area contributed by atoms with Crippen molar-refractivity contribution in [1.82, 2.24) is 5.43 Å². The SMILES string of the molecule is NNC(=NC1CCCC1)Nc1cc(Cl)c(Cl)cc1Cl. The molecule has 0 heterocycles. The lowest BCUT2D eigenvalue weighted by molar-refractivity contribution is 0.700. The Hall–Kier alpha value is -0.680. The van der Waals surface area contributed by atoms with Crippen LogP contribution in [0.2, 0.25) is 15.1 Å². The Morgan fingerprint density at radius 1 is 1.11 bits per heavy atom. The first kappa shape index (κ1) is 14.7. The van der Waals surface area contributed by atoms with Crippen molar-refractivity contribution in [3.8, 4) is 0 Å². The van der Waals surface area contributed by atoms with Gasteiger partial charge < -0.3 is 5.32 Å². The smallest absolute Gasteiger partial charge is 0.210 e. The maximum atomic E-state index is 6.09. The molecule has 1 fully saturated rings. The fourth-order valence-electron chi connectivity index (χ4n) is 2.07. The molecule has 0 saturated heterocycles. The topological polar surface area (TPSA) is 62.4 Å². The van der Waals surface area contributed by atoms with Crippen LogP contribution in [-0.2, 0) is 0 Å². The molecule has 2 rings (SSSR count). The van der Waals surface area contributed by atoms with Crippen LogP contribution < -0.4 is 16.6 Å². The molecule has 19 heavy (non-hydrogen) atoms. The second-order valence-electron chi connectivity index (χ2n) is 4.43. The van der Waals surface area contributed by atoms with E-state index in [1.165, 1.54) is 12.8 Å². The average Bonchev–Trinajstić information content (AvgIpc) is 2.87. The summed E-state index contributed by atoms with van der Waals surface area (Å²) in [6.07, 6.45) is 4.59. The number of guanidine groups is 1. The Kier molecular flexibility index (Phi) is 5.16. The standard InChI is InChI=1S/C12H15Cl3N4/c13-8-5-10(15)11(6-9(8)14)18-12(19-16)17-7-3-1-2-4-7/h5-7H,1-4,16H2,(H2,17,18,19). The molecule has 0 unspecified atom stereocenters. The maximum Gasteiger partial charge on any atom is 0.210 e. The number of hydrogen-bond acceptors (Lipinski definition) is 2. The van der Waals surface area contributed by atoms with E-state index in [1.54, 1.807) is 12.1 Å². The second-order valence-corrected chi connectivity index (χ2v) is 5.65. The van der Waals surface area contributed by atoms with Crippen molar-refractivity contribution in [3.05, 3.63) is 27.2 Å². The molecule has 1 aliphatic rings. The van der Waals surface area contributed by atoms with Gasteiger partial charge in [0.25, 0.3) is 0 Å². The van der Waals surface area contributed by atoms with E-state index in [0.29, 0.717) is 32.8 Å². The van der Waals surface area contributed by atoms with Gasteiger partial charge in [-0.3, -0.25) is 5.43 Å². The second kappa shape index (κ2) is 6.66. The summed E-state index contributed by atoms with van der Waals surface area (Å²) in [6, 6.07) is 3.53. The molecule has 0 radical (unpaired) electrons. The van der Waals surface area contributed by atoms with Crippen LogP contribution in [0.25, 0.3) is 0 Å². The minimum Gasteiger partial charge on any atom is -0.324 e. The van der Waals surface area contributed by atoms with E-state index in [9.17, 15) is 0 Å². The van der Waals surface area contributed by atoms with E-state index in [0.717, 1.165) is 12.8 Å². The summed E-state index contributed by atoms with van der Waals surface area (Å²) in [5.74, 6) is 5.95. The Labute approximate surface area is 127 Å². The van der Waals surface area contributed by atoms with Gasteiger partial charge in [0.1, 0.15) is 0 Å². The van der Waals surface area contributed by atoms with Crippen LogP contribution in [0, 0.1) is 0 Å². The highest BCUT2D eigenvalue weighted by atomic mass is 35.5. The van der Waals surface area contributed by atoms with Crippen molar-refractivity contribution >= 4 is 46.4 Å². The van der Waals surface area contributed by atoms with Gasteiger partial charge in [-0.05, 0) is 25.0 Å². The minimum absolute atomic E-state index is 0.306. The molecule has 1 aliphatic carbocycles. The van der Waals surface area contributed by atoms with E-state index >= 15 is 0 Å². The van der Waals surface area contributed by atoms with Crippen LogP contribution in [0.3, 0.4) is 0 Å². The lowest BCUT2D eigenvalue weighted by Gasteiger charge is -2.13. The first-order valence-electron chi connectivity index (χ1n) is 6.06. The van der Waals surface area contributed by atoms with E-state index < -0.39 is 0 Å². The number of halogens is 3. The number of hydrazine groups is 1. The molecular formula is C12H15Cl3N4. The lowest BCUT2D eigenvalue weighted by Crippen LogP contribution is -2.37. The highest BCUT2D eigenvalue weighted by molar-refractivity contribution is 6.44. The van der Waals surface area contributed by atoms with Gasteiger partial charge in [0, 0.05) is 0 Å². The van der Waals surface area contributed by atoms with E-state index in [2.05, 4.69) is 15.7 Å². The number of nitrogens with one attached hydrogen (secondary N) is 2. The van der Waals surface area contributed by atoms with Crippen LogP contribution in [0.1, 0.15) is 25.7 Å². The van der Waals surface area contributed by atoms with Crippen LogP contribution in [0.5, 0.6) is 0 Å². The number of aliphatic imine (C=N–C) groups is 1. The van der Waals surface area contributed by atoms with Gasteiger partial charge in [-0.1, -0.05) is 47.6 Å². The Morgan fingerprint density at radius 2 is 1.74 bits per heavy atom. The van der Waals surface area contributed by atoms with Crippen molar-refractivity contribution in [2.75, 3.05) is 5.32 Å². The third kappa shape index (κ3) is 3.89. The van der Waals surface area contributed by atoms with Gasteiger partial charge in [-0.2, -0.15) is 0 Å². The number of hydrogen-bond donors (Lipinski definition) is 3. The zero-order valence-electron chi connectivity index (χ0n) is 10.2. The average molecular weight is 322 g/mol. The van der Waals surface area contributed by atoms with Gasteiger partial charge in [0.15, 0.2) is 0 Å². The molecule has 0 spiro atoms. The first-order chi connectivity index (χ1) is 9.10. The third-order valence-electron chi connectivity index (χ3n) is 3.04. The number of anilines is 1. The summed E-state index contributed by atoms with van der Waals surface area (Å²) in [7, 11) is 0. The van der Waals surface area contributed by atoms with Crippen molar-refractivity contribution < 1.29 is 0 Å². The molecule has 0 aliphatic heterocycles.